The lowest BCUT2D eigenvalue weighted by molar-refractivity contribution is -0.142. The second-order valence-electron chi connectivity index (χ2n) is 5.24. The molecule has 0 unspecified atom stereocenters. The summed E-state index contributed by atoms with van der Waals surface area (Å²) in [6.45, 7) is 4.00. The predicted octanol–water partition coefficient (Wildman–Crippen LogP) is 2.56. The van der Waals surface area contributed by atoms with Crippen molar-refractivity contribution in [3.05, 3.63) is 29.5 Å². The van der Waals surface area contributed by atoms with Crippen molar-refractivity contribution in [1.29, 1.82) is 0 Å². The Labute approximate surface area is 120 Å². The van der Waals surface area contributed by atoms with Gasteiger partial charge in [-0.05, 0) is 17.4 Å². The Morgan fingerprint density at radius 1 is 1.60 bits per heavy atom. The lowest BCUT2D eigenvalue weighted by Gasteiger charge is -2.12. The summed E-state index contributed by atoms with van der Waals surface area (Å²) in [5.74, 6) is -0.175. The van der Waals surface area contributed by atoms with Crippen LogP contribution in [0.5, 0.6) is 0 Å². The summed E-state index contributed by atoms with van der Waals surface area (Å²) in [7, 11) is 0. The molecule has 20 heavy (non-hydrogen) atoms. The number of hydrogen-bond donors (Lipinski definition) is 1. The van der Waals surface area contributed by atoms with E-state index < -0.39 is 5.97 Å². The van der Waals surface area contributed by atoms with Crippen LogP contribution in [0.15, 0.2) is 28.2 Å². The van der Waals surface area contributed by atoms with Crippen molar-refractivity contribution >= 4 is 17.3 Å². The third-order valence-electron chi connectivity index (χ3n) is 3.67. The van der Waals surface area contributed by atoms with E-state index in [1.807, 2.05) is 24.4 Å². The largest absolute Gasteiger partial charge is 0.481 e. The molecule has 1 aliphatic rings. The van der Waals surface area contributed by atoms with Crippen molar-refractivity contribution in [3.63, 3.8) is 0 Å². The van der Waals surface area contributed by atoms with Gasteiger partial charge in [0.1, 0.15) is 6.26 Å². The first-order valence-corrected chi connectivity index (χ1v) is 7.45. The quantitative estimate of drug-likeness (QED) is 0.938. The Morgan fingerprint density at radius 2 is 2.45 bits per heavy atom. The number of hydrogen-bond acceptors (Lipinski definition) is 5. The maximum absolute atomic E-state index is 11.1. The molecule has 6 heteroatoms. The molecule has 0 bridgehead atoms. The van der Waals surface area contributed by atoms with Crippen LogP contribution < -0.4 is 0 Å². The Balaban J connectivity index is 1.66. The van der Waals surface area contributed by atoms with Gasteiger partial charge in [0, 0.05) is 19.6 Å². The number of carboxylic acid groups (broad SMARTS) is 1. The molecule has 0 saturated carbocycles. The number of likely N-dealkylation sites (tertiary alicyclic amines) is 1. The molecule has 3 rings (SSSR count). The van der Waals surface area contributed by atoms with Gasteiger partial charge >= 0.3 is 5.97 Å². The molecule has 2 aromatic rings. The fourth-order valence-electron chi connectivity index (χ4n) is 2.64. The molecule has 1 aliphatic heterocycles. The van der Waals surface area contributed by atoms with Crippen LogP contribution in [0.25, 0.3) is 10.8 Å². The van der Waals surface area contributed by atoms with Crippen LogP contribution in [0, 0.1) is 11.8 Å². The Bertz CT molecular complexity index is 593. The van der Waals surface area contributed by atoms with Crippen LogP contribution in [0.3, 0.4) is 0 Å². The summed E-state index contributed by atoms with van der Waals surface area (Å²) < 4.78 is 5.48. The van der Waals surface area contributed by atoms with E-state index in [-0.39, 0.29) is 11.8 Å². The fourth-order valence-corrected chi connectivity index (χ4v) is 3.30. The molecule has 1 fully saturated rings. The van der Waals surface area contributed by atoms with Gasteiger partial charge in [-0.3, -0.25) is 9.69 Å². The Kier molecular flexibility index (Phi) is 3.58. The summed E-state index contributed by atoms with van der Waals surface area (Å²) in [4.78, 5) is 18.7. The molecule has 0 aromatic carbocycles. The molecule has 1 N–H and O–H groups in total. The van der Waals surface area contributed by atoms with Crippen molar-refractivity contribution in [3.8, 4) is 10.8 Å². The van der Waals surface area contributed by atoms with E-state index in [9.17, 15) is 4.79 Å². The van der Waals surface area contributed by atoms with E-state index >= 15 is 0 Å². The number of oxazole rings is 1. The summed E-state index contributed by atoms with van der Waals surface area (Å²) in [5, 5.41) is 11.1. The first kappa shape index (κ1) is 13.3. The zero-order valence-electron chi connectivity index (χ0n) is 11.2. The predicted molar refractivity (Wildman–Crippen MR) is 75.4 cm³/mol. The molecule has 0 spiro atoms. The first-order chi connectivity index (χ1) is 9.63. The zero-order valence-corrected chi connectivity index (χ0v) is 12.0. The SMILES string of the molecule is C[C@@H]1CN(Cc2coc(-c3cccs3)n2)C[C@H]1C(=O)O. The minimum Gasteiger partial charge on any atom is -0.481 e. The average molecular weight is 292 g/mol. The van der Waals surface area contributed by atoms with Crippen LogP contribution in [0.2, 0.25) is 0 Å². The second kappa shape index (κ2) is 5.38. The maximum Gasteiger partial charge on any atom is 0.308 e. The maximum atomic E-state index is 11.1. The number of aliphatic carboxylic acids is 1. The highest BCUT2D eigenvalue weighted by Crippen LogP contribution is 2.27. The van der Waals surface area contributed by atoms with E-state index in [1.54, 1.807) is 17.6 Å². The van der Waals surface area contributed by atoms with Crippen LogP contribution in [0.4, 0.5) is 0 Å². The van der Waals surface area contributed by atoms with E-state index in [0.717, 1.165) is 17.1 Å². The highest BCUT2D eigenvalue weighted by molar-refractivity contribution is 7.13. The molecule has 106 valence electrons. The number of carbonyl (C=O) groups is 1. The van der Waals surface area contributed by atoms with Gasteiger partial charge in [0.25, 0.3) is 0 Å². The summed E-state index contributed by atoms with van der Waals surface area (Å²) in [6, 6.07) is 3.93. The van der Waals surface area contributed by atoms with Crippen molar-refractivity contribution in [2.75, 3.05) is 13.1 Å². The molecule has 3 heterocycles. The van der Waals surface area contributed by atoms with Gasteiger partial charge in [0.2, 0.25) is 5.89 Å². The highest BCUT2D eigenvalue weighted by atomic mass is 32.1. The summed E-state index contributed by atoms with van der Waals surface area (Å²) in [6.07, 6.45) is 1.66. The minimum atomic E-state index is -0.709. The smallest absolute Gasteiger partial charge is 0.308 e. The van der Waals surface area contributed by atoms with E-state index in [0.29, 0.717) is 19.0 Å². The van der Waals surface area contributed by atoms with Gasteiger partial charge in [-0.15, -0.1) is 11.3 Å². The van der Waals surface area contributed by atoms with Gasteiger partial charge in [0.05, 0.1) is 16.5 Å². The summed E-state index contributed by atoms with van der Waals surface area (Å²) in [5.41, 5.74) is 0.853. The van der Waals surface area contributed by atoms with Gasteiger partial charge in [-0.1, -0.05) is 13.0 Å². The Morgan fingerprint density at radius 3 is 3.10 bits per heavy atom. The molecule has 0 aliphatic carbocycles. The molecule has 5 nitrogen and oxygen atoms in total. The standard InChI is InChI=1S/C14H16N2O3S/c1-9-5-16(7-11(9)14(17)18)6-10-8-19-13(15-10)12-3-2-4-20-12/h2-4,8-9,11H,5-7H2,1H3,(H,17,18)/t9-,11-/m1/s1. The number of thiophene rings is 1. The Hall–Kier alpha value is -1.66. The van der Waals surface area contributed by atoms with Crippen molar-refractivity contribution in [2.45, 2.75) is 13.5 Å². The molecule has 2 aromatic heterocycles. The number of carboxylic acids is 1. The van der Waals surface area contributed by atoms with Crippen molar-refractivity contribution in [2.24, 2.45) is 11.8 Å². The minimum absolute atomic E-state index is 0.177. The summed E-state index contributed by atoms with van der Waals surface area (Å²) >= 11 is 1.59. The monoisotopic (exact) mass is 292 g/mol. The lowest BCUT2D eigenvalue weighted by Crippen LogP contribution is -2.23. The fraction of sp³-hybridized carbons (Fsp3) is 0.429. The average Bonchev–Trinajstić information content (AvgIpc) is 3.09. The van der Waals surface area contributed by atoms with Gasteiger partial charge in [-0.25, -0.2) is 4.98 Å². The van der Waals surface area contributed by atoms with Crippen molar-refractivity contribution in [1.82, 2.24) is 9.88 Å². The molecular weight excluding hydrogens is 276 g/mol. The molecular formula is C14H16N2O3S. The molecule has 1 saturated heterocycles. The lowest BCUT2D eigenvalue weighted by atomic mass is 9.99. The van der Waals surface area contributed by atoms with E-state index in [2.05, 4.69) is 9.88 Å². The topological polar surface area (TPSA) is 66.6 Å². The van der Waals surface area contributed by atoms with E-state index in [1.165, 1.54) is 0 Å². The number of aromatic nitrogens is 1. The molecule has 2 atom stereocenters. The van der Waals surface area contributed by atoms with Gasteiger partial charge < -0.3 is 9.52 Å². The van der Waals surface area contributed by atoms with Crippen LogP contribution in [-0.4, -0.2) is 34.0 Å². The number of rotatable bonds is 4. The highest BCUT2D eigenvalue weighted by Gasteiger charge is 2.34. The third kappa shape index (κ3) is 2.62. The number of nitrogens with zero attached hydrogens (tertiary/aromatic N) is 2. The van der Waals surface area contributed by atoms with Gasteiger partial charge in [0.15, 0.2) is 0 Å². The zero-order chi connectivity index (χ0) is 14.1. The van der Waals surface area contributed by atoms with Crippen LogP contribution in [0.1, 0.15) is 12.6 Å². The first-order valence-electron chi connectivity index (χ1n) is 6.57. The molecule has 0 radical (unpaired) electrons. The normalized spacial score (nSPS) is 23.2. The second-order valence-corrected chi connectivity index (χ2v) is 6.19. The van der Waals surface area contributed by atoms with Crippen LogP contribution in [-0.2, 0) is 11.3 Å². The third-order valence-corrected chi connectivity index (χ3v) is 4.53. The van der Waals surface area contributed by atoms with Gasteiger partial charge in [-0.2, -0.15) is 0 Å². The van der Waals surface area contributed by atoms with Crippen LogP contribution >= 0.6 is 11.3 Å². The van der Waals surface area contributed by atoms with Crippen molar-refractivity contribution < 1.29 is 14.3 Å². The molecule has 0 amide bonds. The van der Waals surface area contributed by atoms with E-state index in [4.69, 9.17) is 9.52 Å².